The SMILES string of the molecule is CN(CCN1CCCC1)C(=O)C1CCC(C(=O)O)CC1. The molecule has 0 aromatic heterocycles. The Labute approximate surface area is 120 Å². The third-order valence-corrected chi connectivity index (χ3v) is 4.75. The van der Waals surface area contributed by atoms with Crippen molar-refractivity contribution >= 4 is 11.9 Å². The van der Waals surface area contributed by atoms with Gasteiger partial charge in [0.2, 0.25) is 5.91 Å². The van der Waals surface area contributed by atoms with Crippen LogP contribution in [0.15, 0.2) is 0 Å². The molecule has 1 heterocycles. The molecule has 0 spiro atoms. The summed E-state index contributed by atoms with van der Waals surface area (Å²) in [7, 11) is 1.88. The van der Waals surface area contributed by atoms with Crippen LogP contribution >= 0.6 is 0 Å². The summed E-state index contributed by atoms with van der Waals surface area (Å²) in [6.07, 6.45) is 5.29. The maximum atomic E-state index is 12.3. The number of hydrogen-bond acceptors (Lipinski definition) is 3. The number of rotatable bonds is 5. The van der Waals surface area contributed by atoms with Crippen LogP contribution in [-0.4, -0.2) is 60.0 Å². The molecule has 1 N–H and O–H groups in total. The predicted octanol–water partition coefficient (Wildman–Crippen LogP) is 1.43. The standard InChI is InChI=1S/C15H26N2O3/c1-16(10-11-17-8-2-3-9-17)14(18)12-4-6-13(7-5-12)15(19)20/h12-13H,2-11H2,1H3,(H,19,20). The van der Waals surface area contributed by atoms with Gasteiger partial charge in [-0.2, -0.15) is 0 Å². The largest absolute Gasteiger partial charge is 0.481 e. The zero-order valence-corrected chi connectivity index (χ0v) is 12.4. The molecule has 2 rings (SSSR count). The zero-order valence-electron chi connectivity index (χ0n) is 12.4. The lowest BCUT2D eigenvalue weighted by Crippen LogP contribution is -2.39. The van der Waals surface area contributed by atoms with Gasteiger partial charge in [0.05, 0.1) is 5.92 Å². The second kappa shape index (κ2) is 7.07. The van der Waals surface area contributed by atoms with Crippen molar-refractivity contribution in [1.82, 2.24) is 9.80 Å². The minimum Gasteiger partial charge on any atom is -0.481 e. The molecular formula is C15H26N2O3. The van der Waals surface area contributed by atoms with Gasteiger partial charge in [0, 0.05) is 26.1 Å². The van der Waals surface area contributed by atoms with E-state index < -0.39 is 5.97 Å². The van der Waals surface area contributed by atoms with Gasteiger partial charge in [0.1, 0.15) is 0 Å². The number of likely N-dealkylation sites (N-methyl/N-ethyl adjacent to an activating group) is 1. The van der Waals surface area contributed by atoms with Gasteiger partial charge >= 0.3 is 5.97 Å². The Kier molecular flexibility index (Phi) is 5.40. The fraction of sp³-hybridized carbons (Fsp3) is 0.867. The molecule has 114 valence electrons. The molecule has 0 radical (unpaired) electrons. The number of likely N-dealkylation sites (tertiary alicyclic amines) is 1. The summed E-state index contributed by atoms with van der Waals surface area (Å²) in [4.78, 5) is 27.5. The van der Waals surface area contributed by atoms with Crippen LogP contribution in [0.4, 0.5) is 0 Å². The molecule has 20 heavy (non-hydrogen) atoms. The van der Waals surface area contributed by atoms with Gasteiger partial charge in [-0.3, -0.25) is 9.59 Å². The number of nitrogens with zero attached hydrogens (tertiary/aromatic N) is 2. The van der Waals surface area contributed by atoms with E-state index in [0.29, 0.717) is 12.8 Å². The summed E-state index contributed by atoms with van der Waals surface area (Å²) in [5, 5.41) is 8.98. The van der Waals surface area contributed by atoms with Crippen LogP contribution < -0.4 is 0 Å². The molecule has 1 aliphatic carbocycles. The van der Waals surface area contributed by atoms with Crippen molar-refractivity contribution in [2.75, 3.05) is 33.2 Å². The number of amides is 1. The first-order valence-electron chi connectivity index (χ1n) is 7.78. The molecule has 1 saturated heterocycles. The summed E-state index contributed by atoms with van der Waals surface area (Å²) in [6.45, 7) is 4.07. The first kappa shape index (κ1) is 15.3. The van der Waals surface area contributed by atoms with E-state index in [1.807, 2.05) is 11.9 Å². The highest BCUT2D eigenvalue weighted by Crippen LogP contribution is 2.30. The molecule has 5 heteroatoms. The van der Waals surface area contributed by atoms with Crippen molar-refractivity contribution in [1.29, 1.82) is 0 Å². The molecule has 1 aliphatic heterocycles. The Morgan fingerprint density at radius 2 is 1.65 bits per heavy atom. The van der Waals surface area contributed by atoms with Gasteiger partial charge in [-0.05, 0) is 51.6 Å². The minimum atomic E-state index is -0.710. The summed E-state index contributed by atoms with van der Waals surface area (Å²) >= 11 is 0. The van der Waals surface area contributed by atoms with Gasteiger partial charge in [0.25, 0.3) is 0 Å². The molecule has 2 aliphatic rings. The van der Waals surface area contributed by atoms with Gasteiger partial charge in [-0.1, -0.05) is 0 Å². The second-order valence-corrected chi connectivity index (χ2v) is 6.20. The Bertz CT molecular complexity index is 345. The topological polar surface area (TPSA) is 60.9 Å². The van der Waals surface area contributed by atoms with Gasteiger partial charge in [-0.15, -0.1) is 0 Å². The third kappa shape index (κ3) is 3.95. The monoisotopic (exact) mass is 282 g/mol. The summed E-state index contributed by atoms with van der Waals surface area (Å²) in [5.74, 6) is -0.713. The van der Waals surface area contributed by atoms with E-state index >= 15 is 0 Å². The van der Waals surface area contributed by atoms with Crippen LogP contribution in [0.3, 0.4) is 0 Å². The maximum Gasteiger partial charge on any atom is 0.306 e. The number of carbonyl (C=O) groups excluding carboxylic acids is 1. The van der Waals surface area contributed by atoms with Crippen molar-refractivity contribution in [3.63, 3.8) is 0 Å². The van der Waals surface area contributed by atoms with E-state index in [4.69, 9.17) is 5.11 Å². The van der Waals surface area contributed by atoms with Crippen LogP contribution in [-0.2, 0) is 9.59 Å². The van der Waals surface area contributed by atoms with E-state index in [-0.39, 0.29) is 17.7 Å². The molecule has 0 atom stereocenters. The third-order valence-electron chi connectivity index (χ3n) is 4.75. The van der Waals surface area contributed by atoms with Gasteiger partial charge in [-0.25, -0.2) is 0 Å². The van der Waals surface area contributed by atoms with Crippen molar-refractivity contribution in [2.24, 2.45) is 11.8 Å². The summed E-state index contributed by atoms with van der Waals surface area (Å²) in [5.41, 5.74) is 0. The normalized spacial score (nSPS) is 27.4. The summed E-state index contributed by atoms with van der Waals surface area (Å²) < 4.78 is 0. The Morgan fingerprint density at radius 1 is 1.10 bits per heavy atom. The number of hydrogen-bond donors (Lipinski definition) is 1. The molecule has 5 nitrogen and oxygen atoms in total. The lowest BCUT2D eigenvalue weighted by atomic mass is 9.81. The molecule has 0 aromatic carbocycles. The molecule has 1 amide bonds. The number of carboxylic acids is 1. The fourth-order valence-corrected chi connectivity index (χ4v) is 3.31. The lowest BCUT2D eigenvalue weighted by Gasteiger charge is -2.29. The lowest BCUT2D eigenvalue weighted by molar-refractivity contribution is -0.145. The Morgan fingerprint density at radius 3 is 2.20 bits per heavy atom. The van der Waals surface area contributed by atoms with E-state index in [1.165, 1.54) is 12.8 Å². The average Bonchev–Trinajstić information content (AvgIpc) is 2.97. The average molecular weight is 282 g/mol. The van der Waals surface area contributed by atoms with Crippen LogP contribution in [0.1, 0.15) is 38.5 Å². The first-order valence-corrected chi connectivity index (χ1v) is 7.78. The maximum absolute atomic E-state index is 12.3. The second-order valence-electron chi connectivity index (χ2n) is 6.20. The quantitative estimate of drug-likeness (QED) is 0.828. The van der Waals surface area contributed by atoms with Crippen molar-refractivity contribution in [3.8, 4) is 0 Å². The molecule has 0 unspecified atom stereocenters. The van der Waals surface area contributed by atoms with Crippen LogP contribution in [0.5, 0.6) is 0 Å². The highest BCUT2D eigenvalue weighted by Gasteiger charge is 2.31. The molecular weight excluding hydrogens is 256 g/mol. The van der Waals surface area contributed by atoms with E-state index in [9.17, 15) is 9.59 Å². The van der Waals surface area contributed by atoms with Gasteiger partial charge < -0.3 is 14.9 Å². The summed E-state index contributed by atoms with van der Waals surface area (Å²) in [6, 6.07) is 0. The molecule has 1 saturated carbocycles. The zero-order chi connectivity index (χ0) is 14.5. The highest BCUT2D eigenvalue weighted by atomic mass is 16.4. The van der Waals surface area contributed by atoms with Crippen LogP contribution in [0, 0.1) is 11.8 Å². The van der Waals surface area contributed by atoms with Crippen LogP contribution in [0.25, 0.3) is 0 Å². The molecule has 0 bridgehead atoms. The van der Waals surface area contributed by atoms with Gasteiger partial charge in [0.15, 0.2) is 0 Å². The number of aliphatic carboxylic acids is 1. The molecule has 0 aromatic rings. The number of carbonyl (C=O) groups is 2. The highest BCUT2D eigenvalue weighted by molar-refractivity contribution is 5.79. The smallest absolute Gasteiger partial charge is 0.306 e. The predicted molar refractivity (Wildman–Crippen MR) is 76.4 cm³/mol. The number of carboxylic acid groups (broad SMARTS) is 1. The molecule has 2 fully saturated rings. The van der Waals surface area contributed by atoms with Crippen molar-refractivity contribution in [2.45, 2.75) is 38.5 Å². The Balaban J connectivity index is 1.71. The van der Waals surface area contributed by atoms with E-state index in [1.54, 1.807) is 0 Å². The fourth-order valence-electron chi connectivity index (χ4n) is 3.31. The van der Waals surface area contributed by atoms with Crippen LogP contribution in [0.2, 0.25) is 0 Å². The van der Waals surface area contributed by atoms with E-state index in [0.717, 1.165) is 39.0 Å². The van der Waals surface area contributed by atoms with Crippen molar-refractivity contribution < 1.29 is 14.7 Å². The minimum absolute atomic E-state index is 0.0363. The van der Waals surface area contributed by atoms with E-state index in [2.05, 4.69) is 4.90 Å². The Hall–Kier alpha value is -1.10. The first-order chi connectivity index (χ1) is 9.58. The van der Waals surface area contributed by atoms with Crippen molar-refractivity contribution in [3.05, 3.63) is 0 Å².